The molecule has 1 fully saturated rings. The molecule has 0 unspecified atom stereocenters. The van der Waals surface area contributed by atoms with E-state index in [0.29, 0.717) is 10.6 Å². The number of benzene rings is 1. The van der Waals surface area contributed by atoms with E-state index in [2.05, 4.69) is 15.6 Å². The van der Waals surface area contributed by atoms with Crippen molar-refractivity contribution in [2.24, 2.45) is 0 Å². The van der Waals surface area contributed by atoms with Gasteiger partial charge in [0.1, 0.15) is 0 Å². The van der Waals surface area contributed by atoms with Gasteiger partial charge in [-0.1, -0.05) is 23.7 Å². The van der Waals surface area contributed by atoms with Crippen LogP contribution in [0.5, 0.6) is 0 Å². The zero-order chi connectivity index (χ0) is 15.4. The van der Waals surface area contributed by atoms with Crippen LogP contribution in [0.4, 0.5) is 0 Å². The molecule has 1 aromatic carbocycles. The highest BCUT2D eigenvalue weighted by Gasteiger charge is 2.16. The molecule has 2 heterocycles. The van der Waals surface area contributed by atoms with E-state index in [1.807, 2.05) is 30.3 Å². The molecule has 4 nitrogen and oxygen atoms in total. The zero-order valence-corrected chi connectivity index (χ0v) is 15.4. The number of aromatic nitrogens is 1. The van der Waals surface area contributed by atoms with E-state index >= 15 is 0 Å². The smallest absolute Gasteiger partial charge is 0.253 e. The Labute approximate surface area is 159 Å². The average Bonchev–Trinajstić information content (AvgIpc) is 2.56. The lowest BCUT2D eigenvalue weighted by atomic mass is 10.0. The first kappa shape index (κ1) is 20.7. The average molecular weight is 389 g/mol. The Kier molecular flexibility index (Phi) is 8.50. The van der Waals surface area contributed by atoms with Gasteiger partial charge in [0.15, 0.2) is 0 Å². The third-order valence-electron chi connectivity index (χ3n) is 3.81. The van der Waals surface area contributed by atoms with Gasteiger partial charge in [-0.2, -0.15) is 0 Å². The van der Waals surface area contributed by atoms with Crippen molar-refractivity contribution in [2.45, 2.75) is 18.9 Å². The number of piperidine rings is 1. The van der Waals surface area contributed by atoms with Gasteiger partial charge in [-0.25, -0.2) is 0 Å². The van der Waals surface area contributed by atoms with Crippen LogP contribution in [-0.4, -0.2) is 30.0 Å². The van der Waals surface area contributed by atoms with Crippen molar-refractivity contribution in [3.63, 3.8) is 0 Å². The summed E-state index contributed by atoms with van der Waals surface area (Å²) in [5.74, 6) is -0.0722. The van der Waals surface area contributed by atoms with E-state index in [9.17, 15) is 4.79 Å². The lowest BCUT2D eigenvalue weighted by Gasteiger charge is -2.23. The first-order valence-electron chi connectivity index (χ1n) is 7.45. The van der Waals surface area contributed by atoms with Gasteiger partial charge in [0.05, 0.1) is 5.56 Å². The normalized spacial score (nSPS) is 16.5. The lowest BCUT2D eigenvalue weighted by Crippen LogP contribution is -2.45. The number of carbonyl (C=O) groups is 1. The minimum Gasteiger partial charge on any atom is -0.348 e. The number of amides is 1. The second-order valence-electron chi connectivity index (χ2n) is 5.49. The van der Waals surface area contributed by atoms with E-state index in [4.69, 9.17) is 11.6 Å². The first-order valence-corrected chi connectivity index (χ1v) is 7.83. The van der Waals surface area contributed by atoms with Gasteiger partial charge in [0, 0.05) is 35.6 Å². The number of nitrogens with one attached hydrogen (secondary N) is 2. The lowest BCUT2D eigenvalue weighted by molar-refractivity contribution is 0.0930. The SMILES string of the molecule is Cl.Cl.O=C(N[C@H]1CCCNC1)c1cncc(-c2ccc(Cl)cc2)c1. The number of carbonyl (C=O) groups excluding carboxylic acids is 1. The molecule has 7 heteroatoms. The maximum absolute atomic E-state index is 12.4. The van der Waals surface area contributed by atoms with E-state index in [1.54, 1.807) is 12.4 Å². The van der Waals surface area contributed by atoms with Crippen LogP contribution in [0.3, 0.4) is 0 Å². The molecular formula is C17H20Cl3N3O. The molecule has 24 heavy (non-hydrogen) atoms. The van der Waals surface area contributed by atoms with Crippen LogP contribution >= 0.6 is 36.4 Å². The summed E-state index contributed by atoms with van der Waals surface area (Å²) >= 11 is 5.90. The van der Waals surface area contributed by atoms with Crippen LogP contribution in [0.15, 0.2) is 42.7 Å². The molecule has 1 aliphatic rings. The molecule has 0 radical (unpaired) electrons. The van der Waals surface area contributed by atoms with Crippen molar-refractivity contribution in [2.75, 3.05) is 13.1 Å². The molecule has 1 aliphatic heterocycles. The molecule has 2 aromatic rings. The maximum atomic E-state index is 12.4. The molecule has 0 bridgehead atoms. The van der Waals surface area contributed by atoms with E-state index < -0.39 is 0 Å². The molecule has 0 saturated carbocycles. The fourth-order valence-electron chi connectivity index (χ4n) is 2.61. The minimum absolute atomic E-state index is 0. The predicted octanol–water partition coefficient (Wildman–Crippen LogP) is 3.73. The van der Waals surface area contributed by atoms with Crippen molar-refractivity contribution in [1.82, 2.24) is 15.6 Å². The quantitative estimate of drug-likeness (QED) is 0.842. The zero-order valence-electron chi connectivity index (χ0n) is 13.0. The summed E-state index contributed by atoms with van der Waals surface area (Å²) in [4.78, 5) is 16.5. The van der Waals surface area contributed by atoms with Crippen molar-refractivity contribution in [3.05, 3.63) is 53.3 Å². The van der Waals surface area contributed by atoms with Crippen LogP contribution in [0, 0.1) is 0 Å². The van der Waals surface area contributed by atoms with E-state index in [1.165, 1.54) is 0 Å². The summed E-state index contributed by atoms with van der Waals surface area (Å²) in [5, 5.41) is 7.04. The largest absolute Gasteiger partial charge is 0.348 e. The molecule has 1 aromatic heterocycles. The van der Waals surface area contributed by atoms with Gasteiger partial charge >= 0.3 is 0 Å². The Morgan fingerprint density at radius 3 is 2.58 bits per heavy atom. The molecule has 130 valence electrons. The molecular weight excluding hydrogens is 369 g/mol. The number of hydrogen-bond donors (Lipinski definition) is 2. The first-order chi connectivity index (χ1) is 10.7. The van der Waals surface area contributed by atoms with Crippen LogP contribution < -0.4 is 10.6 Å². The summed E-state index contributed by atoms with van der Waals surface area (Å²) in [7, 11) is 0. The summed E-state index contributed by atoms with van der Waals surface area (Å²) in [6.45, 7) is 1.86. The van der Waals surface area contributed by atoms with Gasteiger partial charge in [0.2, 0.25) is 0 Å². The van der Waals surface area contributed by atoms with Crippen LogP contribution in [0.25, 0.3) is 11.1 Å². The van der Waals surface area contributed by atoms with Gasteiger partial charge < -0.3 is 10.6 Å². The van der Waals surface area contributed by atoms with Gasteiger partial charge in [-0.05, 0) is 43.1 Å². The van der Waals surface area contributed by atoms with E-state index in [-0.39, 0.29) is 36.8 Å². The predicted molar refractivity (Wildman–Crippen MR) is 103 cm³/mol. The standard InChI is InChI=1S/C17H18ClN3O.2ClH/c18-15-5-3-12(4-6-15)13-8-14(10-20-9-13)17(22)21-16-2-1-7-19-11-16;;/h3-6,8-10,16,19H,1-2,7,11H2,(H,21,22);2*1H/t16-;;/m0../s1. The van der Waals surface area contributed by atoms with Crippen LogP contribution in [0.1, 0.15) is 23.2 Å². The van der Waals surface area contributed by atoms with Gasteiger partial charge in [-0.15, -0.1) is 24.8 Å². The fraction of sp³-hybridized carbons (Fsp3) is 0.294. The van der Waals surface area contributed by atoms with Crippen molar-refractivity contribution in [1.29, 1.82) is 0 Å². The summed E-state index contributed by atoms with van der Waals surface area (Å²) in [5.41, 5.74) is 2.48. The highest BCUT2D eigenvalue weighted by Crippen LogP contribution is 2.21. The number of hydrogen-bond acceptors (Lipinski definition) is 3. The summed E-state index contributed by atoms with van der Waals surface area (Å²) < 4.78 is 0. The number of pyridine rings is 1. The molecule has 3 rings (SSSR count). The number of halogens is 3. The minimum atomic E-state index is -0.0722. The molecule has 0 spiro atoms. The Morgan fingerprint density at radius 2 is 1.92 bits per heavy atom. The molecule has 1 amide bonds. The maximum Gasteiger partial charge on any atom is 0.253 e. The Bertz CT molecular complexity index is 658. The van der Waals surface area contributed by atoms with Crippen molar-refractivity contribution < 1.29 is 4.79 Å². The third-order valence-corrected chi connectivity index (χ3v) is 4.06. The Morgan fingerprint density at radius 1 is 1.17 bits per heavy atom. The van der Waals surface area contributed by atoms with Gasteiger partial charge in [0.25, 0.3) is 5.91 Å². The summed E-state index contributed by atoms with van der Waals surface area (Å²) in [6, 6.07) is 9.56. The van der Waals surface area contributed by atoms with Gasteiger partial charge in [-0.3, -0.25) is 9.78 Å². The second-order valence-corrected chi connectivity index (χ2v) is 5.92. The van der Waals surface area contributed by atoms with Crippen LogP contribution in [0.2, 0.25) is 5.02 Å². The van der Waals surface area contributed by atoms with Crippen LogP contribution in [-0.2, 0) is 0 Å². The highest BCUT2D eigenvalue weighted by molar-refractivity contribution is 6.30. The highest BCUT2D eigenvalue weighted by atomic mass is 35.5. The number of rotatable bonds is 3. The van der Waals surface area contributed by atoms with Crippen molar-refractivity contribution in [3.8, 4) is 11.1 Å². The monoisotopic (exact) mass is 387 g/mol. The van der Waals surface area contributed by atoms with E-state index in [0.717, 1.165) is 37.1 Å². The molecule has 1 saturated heterocycles. The summed E-state index contributed by atoms with van der Waals surface area (Å²) in [6.07, 6.45) is 5.46. The number of nitrogens with zero attached hydrogens (tertiary/aromatic N) is 1. The topological polar surface area (TPSA) is 54.0 Å². The molecule has 1 atom stereocenters. The fourth-order valence-corrected chi connectivity index (χ4v) is 2.73. The molecule has 2 N–H and O–H groups in total. The Balaban J connectivity index is 0.00000144. The Hall–Kier alpha value is -1.33. The molecule has 0 aliphatic carbocycles. The third kappa shape index (κ3) is 5.35. The second kappa shape index (κ2) is 9.84. The van der Waals surface area contributed by atoms with Crippen molar-refractivity contribution >= 4 is 42.3 Å².